The number of hydrogen-bond donors (Lipinski definition) is 1. The molecule has 3 rings (SSSR count). The van der Waals surface area contributed by atoms with Gasteiger partial charge >= 0.3 is 5.97 Å². The molecule has 2 heterocycles. The van der Waals surface area contributed by atoms with Gasteiger partial charge in [-0.2, -0.15) is 10.1 Å². The SMILES string of the molecule is Cc1nc2ncnn2c(C)c1CC(=O)O[C@@H](C)C(=O)Nc1ccc(F)c(F)c1. The monoisotopic (exact) mass is 389 g/mol. The number of halogens is 2. The van der Waals surface area contributed by atoms with Crippen LogP contribution in [0.25, 0.3) is 5.78 Å². The van der Waals surface area contributed by atoms with Gasteiger partial charge in [-0.25, -0.2) is 18.3 Å². The zero-order valence-electron chi connectivity index (χ0n) is 15.4. The van der Waals surface area contributed by atoms with Crippen LogP contribution in [0.15, 0.2) is 24.5 Å². The molecule has 10 heteroatoms. The second-order valence-corrected chi connectivity index (χ2v) is 6.16. The minimum atomic E-state index is -1.13. The van der Waals surface area contributed by atoms with Crippen LogP contribution >= 0.6 is 0 Å². The lowest BCUT2D eigenvalue weighted by Crippen LogP contribution is -2.30. The third kappa shape index (κ3) is 3.95. The highest BCUT2D eigenvalue weighted by Gasteiger charge is 2.21. The summed E-state index contributed by atoms with van der Waals surface area (Å²) in [7, 11) is 0. The van der Waals surface area contributed by atoms with Crippen molar-refractivity contribution in [3.05, 3.63) is 53.1 Å². The first kappa shape index (κ1) is 19.3. The number of nitrogens with zero attached hydrogens (tertiary/aromatic N) is 4. The third-order valence-corrected chi connectivity index (χ3v) is 4.17. The molecule has 0 saturated carbocycles. The van der Waals surface area contributed by atoms with E-state index in [0.29, 0.717) is 22.7 Å². The summed E-state index contributed by atoms with van der Waals surface area (Å²) in [5.74, 6) is -3.00. The van der Waals surface area contributed by atoms with E-state index in [4.69, 9.17) is 4.74 Å². The first-order valence-electron chi connectivity index (χ1n) is 8.37. The maximum atomic E-state index is 13.2. The van der Waals surface area contributed by atoms with Crippen LogP contribution in [0, 0.1) is 25.5 Å². The van der Waals surface area contributed by atoms with Gasteiger partial charge in [0.05, 0.1) is 6.42 Å². The van der Waals surface area contributed by atoms with Crippen molar-refractivity contribution in [2.24, 2.45) is 0 Å². The molecular formula is C18H17F2N5O3. The van der Waals surface area contributed by atoms with E-state index in [9.17, 15) is 18.4 Å². The highest BCUT2D eigenvalue weighted by atomic mass is 19.2. The van der Waals surface area contributed by atoms with Crippen molar-refractivity contribution < 1.29 is 23.1 Å². The zero-order chi connectivity index (χ0) is 20.4. The molecule has 0 unspecified atom stereocenters. The Morgan fingerprint density at radius 1 is 1.25 bits per heavy atom. The number of esters is 1. The van der Waals surface area contributed by atoms with Gasteiger partial charge in [0.25, 0.3) is 11.7 Å². The zero-order valence-corrected chi connectivity index (χ0v) is 15.4. The fraction of sp³-hybridized carbons (Fsp3) is 0.278. The van der Waals surface area contributed by atoms with E-state index in [2.05, 4.69) is 20.4 Å². The van der Waals surface area contributed by atoms with Crippen LogP contribution < -0.4 is 5.32 Å². The molecule has 2 aromatic heterocycles. The number of nitrogens with one attached hydrogen (secondary N) is 1. The number of aryl methyl sites for hydroxylation is 2. The summed E-state index contributed by atoms with van der Waals surface area (Å²) in [5.41, 5.74) is 1.97. The Morgan fingerprint density at radius 2 is 2.00 bits per heavy atom. The maximum absolute atomic E-state index is 13.2. The smallest absolute Gasteiger partial charge is 0.311 e. The largest absolute Gasteiger partial charge is 0.452 e. The average Bonchev–Trinajstić information content (AvgIpc) is 3.10. The number of rotatable bonds is 5. The Kier molecular flexibility index (Phi) is 5.30. The molecule has 0 radical (unpaired) electrons. The van der Waals surface area contributed by atoms with Crippen molar-refractivity contribution in [3.8, 4) is 0 Å². The molecule has 0 spiro atoms. The number of carbonyl (C=O) groups excluding carboxylic acids is 2. The lowest BCUT2D eigenvalue weighted by Gasteiger charge is -2.15. The van der Waals surface area contributed by atoms with Crippen molar-refractivity contribution in [1.29, 1.82) is 0 Å². The average molecular weight is 389 g/mol. The lowest BCUT2D eigenvalue weighted by atomic mass is 10.1. The molecular weight excluding hydrogens is 372 g/mol. The molecule has 28 heavy (non-hydrogen) atoms. The molecule has 3 aromatic rings. The molecule has 1 amide bonds. The molecule has 0 aliphatic heterocycles. The fourth-order valence-corrected chi connectivity index (χ4v) is 2.67. The molecule has 1 atom stereocenters. The van der Waals surface area contributed by atoms with Crippen molar-refractivity contribution in [3.63, 3.8) is 0 Å². The van der Waals surface area contributed by atoms with Gasteiger partial charge in [0.2, 0.25) is 0 Å². The Labute approximate surface area is 158 Å². The van der Waals surface area contributed by atoms with E-state index < -0.39 is 29.6 Å². The lowest BCUT2D eigenvalue weighted by molar-refractivity contribution is -0.152. The van der Waals surface area contributed by atoms with Crippen molar-refractivity contribution in [2.75, 3.05) is 5.32 Å². The number of ether oxygens (including phenoxy) is 1. The Balaban J connectivity index is 1.65. The standard InChI is InChI=1S/C18H17F2N5O3/c1-9-13(10(2)25-18(23-9)21-8-22-25)7-16(26)28-11(3)17(27)24-12-4-5-14(19)15(20)6-12/h4-6,8,11H,7H2,1-3H3,(H,24,27)/t11-/m0/s1. The van der Waals surface area contributed by atoms with Crippen molar-refractivity contribution >= 4 is 23.3 Å². The Hall–Kier alpha value is -3.43. The van der Waals surface area contributed by atoms with Crippen LogP contribution in [0.2, 0.25) is 0 Å². The predicted molar refractivity (Wildman–Crippen MR) is 94.5 cm³/mol. The second-order valence-electron chi connectivity index (χ2n) is 6.16. The molecule has 0 saturated heterocycles. The minimum Gasteiger partial charge on any atom is -0.452 e. The highest BCUT2D eigenvalue weighted by molar-refractivity contribution is 5.95. The Bertz CT molecular complexity index is 1070. The normalized spacial score (nSPS) is 12.0. The van der Waals surface area contributed by atoms with Crippen molar-refractivity contribution in [2.45, 2.75) is 33.3 Å². The predicted octanol–water partition coefficient (Wildman–Crippen LogP) is 2.13. The highest BCUT2D eigenvalue weighted by Crippen LogP contribution is 2.16. The maximum Gasteiger partial charge on any atom is 0.311 e. The van der Waals surface area contributed by atoms with Crippen LogP contribution in [0.4, 0.5) is 14.5 Å². The molecule has 0 aliphatic rings. The van der Waals surface area contributed by atoms with E-state index in [-0.39, 0.29) is 12.1 Å². The molecule has 1 N–H and O–H groups in total. The van der Waals surface area contributed by atoms with E-state index in [1.165, 1.54) is 23.8 Å². The third-order valence-electron chi connectivity index (χ3n) is 4.17. The fourth-order valence-electron chi connectivity index (χ4n) is 2.67. The van der Waals surface area contributed by atoms with Gasteiger partial charge in [-0.05, 0) is 32.9 Å². The number of hydrogen-bond acceptors (Lipinski definition) is 6. The van der Waals surface area contributed by atoms with Gasteiger partial charge in [-0.1, -0.05) is 0 Å². The van der Waals surface area contributed by atoms with Crippen LogP contribution in [-0.2, 0) is 20.7 Å². The number of benzene rings is 1. The summed E-state index contributed by atoms with van der Waals surface area (Å²) in [5, 5.41) is 6.41. The summed E-state index contributed by atoms with van der Waals surface area (Å²) in [4.78, 5) is 32.7. The molecule has 0 aliphatic carbocycles. The van der Waals surface area contributed by atoms with Crippen LogP contribution in [0.5, 0.6) is 0 Å². The van der Waals surface area contributed by atoms with Gasteiger partial charge in [-0.3, -0.25) is 9.59 Å². The first-order valence-corrected chi connectivity index (χ1v) is 8.37. The number of fused-ring (bicyclic) bond motifs is 1. The summed E-state index contributed by atoms with van der Waals surface area (Å²) in [6.45, 7) is 4.90. The van der Waals surface area contributed by atoms with E-state index >= 15 is 0 Å². The van der Waals surface area contributed by atoms with Crippen molar-refractivity contribution in [1.82, 2.24) is 19.6 Å². The summed E-state index contributed by atoms with van der Waals surface area (Å²) in [6.07, 6.45) is 0.120. The van der Waals surface area contributed by atoms with Gasteiger partial charge in [0.1, 0.15) is 6.33 Å². The van der Waals surface area contributed by atoms with Gasteiger partial charge in [-0.15, -0.1) is 0 Å². The first-order chi connectivity index (χ1) is 13.3. The summed E-state index contributed by atoms with van der Waals surface area (Å²) < 4.78 is 32.8. The number of aromatic nitrogens is 4. The molecule has 0 fully saturated rings. The Morgan fingerprint density at radius 3 is 2.71 bits per heavy atom. The number of amides is 1. The summed E-state index contributed by atoms with van der Waals surface area (Å²) in [6, 6.07) is 2.94. The van der Waals surface area contributed by atoms with Crippen LogP contribution in [0.3, 0.4) is 0 Å². The second kappa shape index (κ2) is 7.67. The topological polar surface area (TPSA) is 98.5 Å². The minimum absolute atomic E-state index is 0.0549. The number of anilines is 1. The molecule has 8 nitrogen and oxygen atoms in total. The molecule has 146 valence electrons. The molecule has 0 bridgehead atoms. The van der Waals surface area contributed by atoms with Crippen LogP contribution in [-0.4, -0.2) is 37.6 Å². The van der Waals surface area contributed by atoms with E-state index in [0.717, 1.165) is 12.1 Å². The van der Waals surface area contributed by atoms with E-state index in [1.54, 1.807) is 13.8 Å². The molecule has 1 aromatic carbocycles. The van der Waals surface area contributed by atoms with E-state index in [1.807, 2.05) is 0 Å². The quantitative estimate of drug-likeness (QED) is 0.672. The van der Waals surface area contributed by atoms with Crippen LogP contribution in [0.1, 0.15) is 23.9 Å². The van der Waals surface area contributed by atoms with Gasteiger partial charge < -0.3 is 10.1 Å². The van der Waals surface area contributed by atoms with Gasteiger partial charge in [0.15, 0.2) is 17.7 Å². The number of carbonyl (C=O) groups is 2. The summed E-state index contributed by atoms with van der Waals surface area (Å²) >= 11 is 0. The van der Waals surface area contributed by atoms with Gasteiger partial charge in [0, 0.05) is 28.7 Å².